The van der Waals surface area contributed by atoms with E-state index >= 15 is 0 Å². The van der Waals surface area contributed by atoms with Gasteiger partial charge in [0.15, 0.2) is 0 Å². The number of primary amides is 2. The molecule has 0 fully saturated rings. The summed E-state index contributed by atoms with van der Waals surface area (Å²) in [6.45, 7) is 9.15. The summed E-state index contributed by atoms with van der Waals surface area (Å²) in [5.41, 5.74) is 16.2. The predicted octanol–water partition coefficient (Wildman–Crippen LogP) is 4.82. The van der Waals surface area contributed by atoms with Crippen LogP contribution in [0.2, 0.25) is 0 Å². The van der Waals surface area contributed by atoms with E-state index in [1.807, 2.05) is 36.8 Å². The minimum atomic E-state index is -0.619. The van der Waals surface area contributed by atoms with Crippen LogP contribution in [0.15, 0.2) is 48.6 Å². The number of nitrogens with zero attached hydrogens (tertiary/aromatic N) is 8. The normalized spacial score (nSPS) is 16.2. The van der Waals surface area contributed by atoms with Gasteiger partial charge in [0.25, 0.3) is 11.8 Å². The Morgan fingerprint density at radius 1 is 0.724 bits per heavy atom. The SMILES string of the molecule is CCn1nc(C)cc1C(=O)Nc1nc2cc(C(N)=O)cc3c2n1C(CC=CC[C@H]1COc2cc(C(N)=O)cc4nc(NC(=O)c5cc(C)nn5CC)n1c24)CCCO3. The molecular weight excluding hydrogens is 745 g/mol. The van der Waals surface area contributed by atoms with Crippen LogP contribution in [-0.4, -0.2) is 75.5 Å². The summed E-state index contributed by atoms with van der Waals surface area (Å²) in [5.74, 6) is -0.462. The third kappa shape index (κ3) is 6.90. The Bertz CT molecular complexity index is 2660. The van der Waals surface area contributed by atoms with Crippen molar-refractivity contribution in [3.05, 3.63) is 82.5 Å². The van der Waals surface area contributed by atoms with Crippen molar-refractivity contribution in [2.24, 2.45) is 11.5 Å². The van der Waals surface area contributed by atoms with Crippen molar-refractivity contribution in [2.75, 3.05) is 23.8 Å². The molecule has 1 unspecified atom stereocenters. The number of ether oxygens (including phenoxy) is 2. The Labute approximate surface area is 332 Å². The molecule has 2 atom stereocenters. The minimum absolute atomic E-state index is 0.159. The first-order valence-electron chi connectivity index (χ1n) is 19.3. The Balaban J connectivity index is 1.11. The van der Waals surface area contributed by atoms with E-state index < -0.39 is 11.8 Å². The fraction of sp³-hybridized carbons (Fsp3) is 0.350. The van der Waals surface area contributed by atoms with E-state index in [0.29, 0.717) is 114 Å². The van der Waals surface area contributed by atoms with E-state index in [0.717, 1.165) is 0 Å². The van der Waals surface area contributed by atoms with Gasteiger partial charge in [-0.2, -0.15) is 10.2 Å². The number of imidazole rings is 2. The maximum absolute atomic E-state index is 13.7. The first-order chi connectivity index (χ1) is 27.9. The van der Waals surface area contributed by atoms with Crippen LogP contribution in [0.3, 0.4) is 0 Å². The summed E-state index contributed by atoms with van der Waals surface area (Å²) in [7, 11) is 0. The largest absolute Gasteiger partial charge is 0.491 e. The maximum atomic E-state index is 13.7. The number of aromatic nitrogens is 8. The average molecular weight is 789 g/mol. The fourth-order valence-corrected chi connectivity index (χ4v) is 7.84. The van der Waals surface area contributed by atoms with E-state index in [2.05, 4.69) is 33.0 Å². The van der Waals surface area contributed by atoms with E-state index in [1.165, 1.54) is 0 Å². The van der Waals surface area contributed by atoms with Gasteiger partial charge in [-0.15, -0.1) is 0 Å². The summed E-state index contributed by atoms with van der Waals surface area (Å²) in [5, 5.41) is 14.8. The van der Waals surface area contributed by atoms with Gasteiger partial charge in [-0.1, -0.05) is 12.2 Å². The molecule has 0 radical (unpaired) electrons. The van der Waals surface area contributed by atoms with Crippen molar-refractivity contribution in [3.8, 4) is 11.5 Å². The number of nitrogens with two attached hydrogens (primary N) is 2. The lowest BCUT2D eigenvalue weighted by Gasteiger charge is -2.27. The number of hydrogen-bond acceptors (Lipinski definition) is 10. The Hall–Kier alpha value is -6.98. The molecule has 2 aliphatic heterocycles. The van der Waals surface area contributed by atoms with E-state index in [1.54, 1.807) is 45.8 Å². The van der Waals surface area contributed by atoms with Gasteiger partial charge in [-0.25, -0.2) is 9.97 Å². The van der Waals surface area contributed by atoms with Gasteiger partial charge in [-0.05, 0) is 89.8 Å². The molecule has 18 heteroatoms. The topological polar surface area (TPSA) is 234 Å². The number of benzene rings is 2. The number of allylic oxidation sites excluding steroid dienone is 2. The third-order valence-corrected chi connectivity index (χ3v) is 10.5. The number of aryl methyl sites for hydroxylation is 4. The lowest BCUT2D eigenvalue weighted by Crippen LogP contribution is -2.26. The third-order valence-electron chi connectivity index (χ3n) is 10.5. The molecule has 300 valence electrons. The zero-order valence-corrected chi connectivity index (χ0v) is 32.6. The van der Waals surface area contributed by atoms with Crippen molar-refractivity contribution >= 4 is 57.6 Å². The molecule has 4 amide bonds. The fourth-order valence-electron chi connectivity index (χ4n) is 7.84. The number of anilines is 2. The second-order valence-electron chi connectivity index (χ2n) is 14.5. The molecule has 6 aromatic rings. The highest BCUT2D eigenvalue weighted by atomic mass is 16.5. The average Bonchev–Trinajstić information content (AvgIpc) is 3.96. The van der Waals surface area contributed by atoms with Crippen LogP contribution < -0.4 is 31.6 Å². The number of amides is 4. The predicted molar refractivity (Wildman–Crippen MR) is 214 cm³/mol. The molecule has 0 bridgehead atoms. The number of hydrogen-bond donors (Lipinski definition) is 4. The zero-order chi connectivity index (χ0) is 40.8. The lowest BCUT2D eigenvalue weighted by molar-refractivity contribution is 0.0991. The van der Waals surface area contributed by atoms with Gasteiger partial charge < -0.3 is 25.5 Å². The van der Waals surface area contributed by atoms with Crippen molar-refractivity contribution in [3.63, 3.8) is 0 Å². The molecule has 8 rings (SSSR count). The molecule has 58 heavy (non-hydrogen) atoms. The lowest BCUT2D eigenvalue weighted by atomic mass is 10.0. The van der Waals surface area contributed by atoms with Crippen molar-refractivity contribution < 1.29 is 28.7 Å². The highest BCUT2D eigenvalue weighted by molar-refractivity contribution is 6.05. The quantitative estimate of drug-likeness (QED) is 0.123. The summed E-state index contributed by atoms with van der Waals surface area (Å²) in [4.78, 5) is 61.3. The van der Waals surface area contributed by atoms with Crippen LogP contribution in [0.5, 0.6) is 11.5 Å². The van der Waals surface area contributed by atoms with Crippen LogP contribution in [-0.2, 0) is 13.1 Å². The number of carbonyl (C=O) groups excluding carboxylic acids is 4. The van der Waals surface area contributed by atoms with E-state index in [4.69, 9.17) is 30.9 Å². The number of nitrogens with one attached hydrogen (secondary N) is 2. The Morgan fingerprint density at radius 2 is 1.21 bits per heavy atom. The van der Waals surface area contributed by atoms with Gasteiger partial charge in [0.2, 0.25) is 23.7 Å². The van der Waals surface area contributed by atoms with Gasteiger partial charge in [0.1, 0.15) is 40.5 Å². The van der Waals surface area contributed by atoms with Crippen LogP contribution in [0.4, 0.5) is 11.9 Å². The van der Waals surface area contributed by atoms with Crippen molar-refractivity contribution in [1.29, 1.82) is 0 Å². The summed E-state index contributed by atoms with van der Waals surface area (Å²) in [6.07, 6.45) is 6.61. The molecule has 6 heterocycles. The summed E-state index contributed by atoms with van der Waals surface area (Å²) >= 11 is 0. The maximum Gasteiger partial charge on any atom is 0.276 e. The molecule has 18 nitrogen and oxygen atoms in total. The first kappa shape index (κ1) is 37.9. The Kier molecular flexibility index (Phi) is 9.92. The summed E-state index contributed by atoms with van der Waals surface area (Å²) in [6, 6.07) is 9.43. The molecular formula is C40H44N12O6. The second-order valence-corrected chi connectivity index (χ2v) is 14.5. The van der Waals surface area contributed by atoms with Crippen LogP contribution in [0, 0.1) is 13.8 Å². The second kappa shape index (κ2) is 15.2. The molecule has 0 saturated heterocycles. The zero-order valence-electron chi connectivity index (χ0n) is 32.6. The van der Waals surface area contributed by atoms with Crippen LogP contribution >= 0.6 is 0 Å². The molecule has 6 N–H and O–H groups in total. The molecule has 4 aromatic heterocycles. The molecule has 2 aliphatic rings. The monoisotopic (exact) mass is 788 g/mol. The minimum Gasteiger partial charge on any atom is -0.491 e. The molecule has 0 spiro atoms. The standard InChI is InChI=1S/C40H44N12O6/c1-5-49-29(14-21(3)47-49)37(55)45-39-43-27-16-23(35(41)53)18-31-33(27)51(39)25(12-9-13-57-31)10-7-8-11-26-20-58-32-19-24(36(42)54)17-28-34(32)52(26)40(44-28)46-38(56)30-15-22(4)48-50(30)6-2/h7-8,14-19,25-26H,5-6,9-13,20H2,1-4H3,(H2,41,53)(H2,42,54)(H,43,45,55)(H,44,46,56)/t25?,26-/m0/s1. The molecule has 0 aliphatic carbocycles. The smallest absolute Gasteiger partial charge is 0.276 e. The highest BCUT2D eigenvalue weighted by Gasteiger charge is 2.30. The number of carbonyl (C=O) groups is 4. The van der Waals surface area contributed by atoms with Crippen LogP contribution in [0.1, 0.15) is 105 Å². The highest BCUT2D eigenvalue weighted by Crippen LogP contribution is 2.40. The summed E-state index contributed by atoms with van der Waals surface area (Å²) < 4.78 is 19.5. The van der Waals surface area contributed by atoms with Crippen LogP contribution in [0.25, 0.3) is 22.1 Å². The van der Waals surface area contributed by atoms with Gasteiger partial charge in [0, 0.05) is 30.3 Å². The van der Waals surface area contributed by atoms with Crippen molar-refractivity contribution in [2.45, 2.75) is 78.6 Å². The number of rotatable bonds is 12. The van der Waals surface area contributed by atoms with Gasteiger partial charge in [0.05, 0.1) is 35.1 Å². The molecule has 2 aromatic carbocycles. The van der Waals surface area contributed by atoms with E-state index in [9.17, 15) is 19.2 Å². The Morgan fingerprint density at radius 3 is 1.71 bits per heavy atom. The van der Waals surface area contributed by atoms with Gasteiger partial charge >= 0.3 is 0 Å². The van der Waals surface area contributed by atoms with Gasteiger partial charge in [-0.3, -0.25) is 43.7 Å². The molecule has 0 saturated carbocycles. The van der Waals surface area contributed by atoms with Crippen molar-refractivity contribution in [1.82, 2.24) is 38.7 Å². The first-order valence-corrected chi connectivity index (χ1v) is 19.3. The van der Waals surface area contributed by atoms with E-state index in [-0.39, 0.29) is 41.6 Å².